The summed E-state index contributed by atoms with van der Waals surface area (Å²) < 4.78 is 0. The number of carbonyl (C=O) groups is 1. The number of thiophene rings is 1. The lowest BCUT2D eigenvalue weighted by Gasteiger charge is -2.10. The Labute approximate surface area is 105 Å². The molecule has 88 valence electrons. The minimum Gasteiger partial charge on any atom is -0.318 e. The van der Waals surface area contributed by atoms with Gasteiger partial charge in [-0.1, -0.05) is 36.4 Å². The van der Waals surface area contributed by atoms with Crippen LogP contribution in [0.4, 0.5) is 0 Å². The van der Waals surface area contributed by atoms with Crippen molar-refractivity contribution in [3.8, 4) is 0 Å². The van der Waals surface area contributed by atoms with Crippen molar-refractivity contribution in [1.82, 2.24) is 0 Å². The Morgan fingerprint density at radius 3 is 2.59 bits per heavy atom. The number of ketones is 1. The summed E-state index contributed by atoms with van der Waals surface area (Å²) in [5.41, 5.74) is 6.82. The maximum atomic E-state index is 11.9. The number of hydrogen-bond donors (Lipinski definition) is 1. The highest BCUT2D eigenvalue weighted by atomic mass is 32.1. The summed E-state index contributed by atoms with van der Waals surface area (Å²) in [5, 5.41) is 2.02. The van der Waals surface area contributed by atoms with Crippen LogP contribution in [0, 0.1) is 0 Å². The molecule has 1 heterocycles. The average molecular weight is 245 g/mol. The molecule has 2 N–H and O–H groups in total. The maximum Gasteiger partial charge on any atom is 0.154 e. The minimum absolute atomic E-state index is 0.101. The van der Waals surface area contributed by atoms with Gasteiger partial charge in [-0.15, -0.1) is 11.3 Å². The number of Topliss-reactive ketones (excluding diaryl/α,β-unsaturated/α-hetero) is 1. The number of benzene rings is 1. The van der Waals surface area contributed by atoms with E-state index in [9.17, 15) is 4.79 Å². The Morgan fingerprint density at radius 2 is 1.94 bits per heavy atom. The highest BCUT2D eigenvalue weighted by Crippen LogP contribution is 2.16. The maximum absolute atomic E-state index is 11.9. The van der Waals surface area contributed by atoms with Crippen molar-refractivity contribution in [2.45, 2.75) is 18.9 Å². The zero-order valence-corrected chi connectivity index (χ0v) is 10.3. The van der Waals surface area contributed by atoms with Crippen LogP contribution in [0.1, 0.15) is 22.9 Å². The Balaban J connectivity index is 1.92. The molecule has 3 heteroatoms. The summed E-state index contributed by atoms with van der Waals surface area (Å²) in [6.07, 6.45) is 1.30. The second-order valence-corrected chi connectivity index (χ2v) is 4.97. The third kappa shape index (κ3) is 3.25. The number of nitrogens with two attached hydrogens (primary N) is 1. The molecule has 0 saturated heterocycles. The van der Waals surface area contributed by atoms with E-state index in [1.54, 1.807) is 11.3 Å². The Hall–Kier alpha value is -1.45. The van der Waals surface area contributed by atoms with Gasteiger partial charge in [0.15, 0.2) is 5.78 Å². The molecule has 0 aliphatic carbocycles. The first-order valence-corrected chi connectivity index (χ1v) is 6.51. The summed E-state index contributed by atoms with van der Waals surface area (Å²) in [7, 11) is 0. The Morgan fingerprint density at radius 1 is 1.18 bits per heavy atom. The van der Waals surface area contributed by atoms with Gasteiger partial charge < -0.3 is 5.73 Å². The van der Waals surface area contributed by atoms with Crippen LogP contribution in [-0.4, -0.2) is 5.78 Å². The fourth-order valence-corrected chi connectivity index (χ4v) is 2.41. The molecule has 1 aromatic carbocycles. The largest absolute Gasteiger partial charge is 0.318 e. The van der Waals surface area contributed by atoms with Gasteiger partial charge in [-0.3, -0.25) is 4.79 Å². The normalized spacial score (nSPS) is 12.3. The van der Waals surface area contributed by atoms with Gasteiger partial charge in [0.05, 0.1) is 6.04 Å². The molecule has 0 bridgehead atoms. The molecule has 0 fully saturated rings. The van der Waals surface area contributed by atoms with Crippen LogP contribution in [0.15, 0.2) is 47.8 Å². The molecule has 0 radical (unpaired) electrons. The number of carbonyl (C=O) groups excluding carboxylic acids is 1. The Kier molecular flexibility index (Phi) is 4.07. The molecule has 0 aliphatic rings. The van der Waals surface area contributed by atoms with Crippen LogP contribution in [0.5, 0.6) is 0 Å². The summed E-state index contributed by atoms with van der Waals surface area (Å²) >= 11 is 1.68. The molecular formula is C14H15NOS. The fourth-order valence-electron chi connectivity index (χ4n) is 1.70. The second-order valence-electron chi connectivity index (χ2n) is 3.93. The number of rotatable bonds is 5. The minimum atomic E-state index is -0.490. The number of hydrogen-bond acceptors (Lipinski definition) is 3. The summed E-state index contributed by atoms with van der Waals surface area (Å²) in [6, 6.07) is 13.1. The van der Waals surface area contributed by atoms with E-state index in [2.05, 4.69) is 0 Å². The molecule has 0 saturated carbocycles. The monoisotopic (exact) mass is 245 g/mol. The summed E-state index contributed by atoms with van der Waals surface area (Å²) in [6.45, 7) is 0. The quantitative estimate of drug-likeness (QED) is 0.880. The lowest BCUT2D eigenvalue weighted by Crippen LogP contribution is -2.21. The van der Waals surface area contributed by atoms with Crippen molar-refractivity contribution in [3.63, 3.8) is 0 Å². The standard InChI is InChI=1S/C14H15NOS/c15-14(11-5-2-1-3-6-11)13(16)9-8-12-7-4-10-17-12/h1-7,10,14H,8-9,15H2. The molecule has 2 nitrogen and oxygen atoms in total. The SMILES string of the molecule is NC(C(=O)CCc1cccs1)c1ccccc1. The lowest BCUT2D eigenvalue weighted by molar-refractivity contribution is -0.120. The summed E-state index contributed by atoms with van der Waals surface area (Å²) in [5.74, 6) is 0.101. The molecule has 0 aliphatic heterocycles. The van der Waals surface area contributed by atoms with Crippen molar-refractivity contribution < 1.29 is 4.79 Å². The van der Waals surface area contributed by atoms with Gasteiger partial charge in [-0.25, -0.2) is 0 Å². The molecule has 1 aromatic heterocycles. The average Bonchev–Trinajstić information content (AvgIpc) is 2.89. The molecule has 1 unspecified atom stereocenters. The van der Waals surface area contributed by atoms with E-state index < -0.39 is 6.04 Å². The third-order valence-corrected chi connectivity index (χ3v) is 3.64. The molecule has 2 rings (SSSR count). The molecule has 1 atom stereocenters. The highest BCUT2D eigenvalue weighted by molar-refractivity contribution is 7.09. The van der Waals surface area contributed by atoms with Crippen molar-refractivity contribution in [1.29, 1.82) is 0 Å². The van der Waals surface area contributed by atoms with Crippen molar-refractivity contribution in [2.75, 3.05) is 0 Å². The van der Waals surface area contributed by atoms with Gasteiger partial charge >= 0.3 is 0 Å². The zero-order valence-electron chi connectivity index (χ0n) is 9.50. The molecule has 0 amide bonds. The molecular weight excluding hydrogens is 230 g/mol. The van der Waals surface area contributed by atoms with E-state index in [4.69, 9.17) is 5.73 Å². The second kappa shape index (κ2) is 5.75. The molecule has 17 heavy (non-hydrogen) atoms. The topological polar surface area (TPSA) is 43.1 Å². The Bertz CT molecular complexity index is 464. The van der Waals surface area contributed by atoms with Crippen LogP contribution in [0.2, 0.25) is 0 Å². The van der Waals surface area contributed by atoms with E-state index in [-0.39, 0.29) is 5.78 Å². The first kappa shape index (κ1) is 12.0. The van der Waals surface area contributed by atoms with E-state index in [1.807, 2.05) is 47.8 Å². The summed E-state index contributed by atoms with van der Waals surface area (Å²) in [4.78, 5) is 13.2. The van der Waals surface area contributed by atoms with Crippen LogP contribution < -0.4 is 5.73 Å². The van der Waals surface area contributed by atoms with Gasteiger partial charge in [0.25, 0.3) is 0 Å². The predicted molar refractivity (Wildman–Crippen MR) is 71.0 cm³/mol. The van der Waals surface area contributed by atoms with Crippen molar-refractivity contribution >= 4 is 17.1 Å². The number of aryl methyl sites for hydroxylation is 1. The van der Waals surface area contributed by atoms with Crippen LogP contribution >= 0.6 is 11.3 Å². The van der Waals surface area contributed by atoms with Gasteiger partial charge in [0, 0.05) is 11.3 Å². The smallest absolute Gasteiger partial charge is 0.154 e. The van der Waals surface area contributed by atoms with Crippen molar-refractivity contribution in [2.24, 2.45) is 5.73 Å². The van der Waals surface area contributed by atoms with Gasteiger partial charge in [-0.2, -0.15) is 0 Å². The fraction of sp³-hybridized carbons (Fsp3) is 0.214. The van der Waals surface area contributed by atoms with E-state index in [0.29, 0.717) is 6.42 Å². The lowest BCUT2D eigenvalue weighted by atomic mass is 10.0. The van der Waals surface area contributed by atoms with Gasteiger partial charge in [0.1, 0.15) is 0 Å². The van der Waals surface area contributed by atoms with Gasteiger partial charge in [-0.05, 0) is 23.4 Å². The van der Waals surface area contributed by atoms with E-state index in [0.717, 1.165) is 12.0 Å². The third-order valence-electron chi connectivity index (χ3n) is 2.70. The van der Waals surface area contributed by atoms with Crippen molar-refractivity contribution in [3.05, 3.63) is 58.3 Å². The highest BCUT2D eigenvalue weighted by Gasteiger charge is 2.15. The molecule has 2 aromatic rings. The first-order chi connectivity index (χ1) is 8.27. The molecule has 0 spiro atoms. The zero-order chi connectivity index (χ0) is 12.1. The van der Waals surface area contributed by atoms with Crippen LogP contribution in [0.3, 0.4) is 0 Å². The predicted octanol–water partition coefficient (Wildman–Crippen LogP) is 2.95. The van der Waals surface area contributed by atoms with Gasteiger partial charge in [0.2, 0.25) is 0 Å². The van der Waals surface area contributed by atoms with Crippen LogP contribution in [0.25, 0.3) is 0 Å². The van der Waals surface area contributed by atoms with E-state index in [1.165, 1.54) is 4.88 Å². The van der Waals surface area contributed by atoms with Crippen LogP contribution in [-0.2, 0) is 11.2 Å². The first-order valence-electron chi connectivity index (χ1n) is 5.63. The van der Waals surface area contributed by atoms with E-state index >= 15 is 0 Å².